The molecule has 29 heavy (non-hydrogen) atoms. The summed E-state index contributed by atoms with van der Waals surface area (Å²) in [6.45, 7) is 4.90. The Kier molecular flexibility index (Phi) is 8.07. The van der Waals surface area contributed by atoms with Gasteiger partial charge in [-0.1, -0.05) is 30.3 Å². The summed E-state index contributed by atoms with van der Waals surface area (Å²) in [4.78, 5) is 46.7. The van der Waals surface area contributed by atoms with Gasteiger partial charge >= 0.3 is 23.9 Å². The molecule has 1 aliphatic rings. The van der Waals surface area contributed by atoms with E-state index in [1.165, 1.54) is 39.5 Å². The van der Waals surface area contributed by atoms with Gasteiger partial charge in [-0.25, -0.2) is 0 Å². The van der Waals surface area contributed by atoms with E-state index < -0.39 is 52.7 Å². The van der Waals surface area contributed by atoms with Gasteiger partial charge in [0.15, 0.2) is 18.3 Å². The number of thioether (sulfide) groups is 1. The van der Waals surface area contributed by atoms with Gasteiger partial charge in [-0.3, -0.25) is 19.2 Å². The maximum absolute atomic E-state index is 11.8. The molecule has 0 N–H and O–H groups in total. The van der Waals surface area contributed by atoms with Crippen molar-refractivity contribution in [2.75, 3.05) is 6.61 Å². The Bertz CT molecular complexity index is 750. The van der Waals surface area contributed by atoms with Crippen molar-refractivity contribution in [1.29, 1.82) is 0 Å². The van der Waals surface area contributed by atoms with Crippen molar-refractivity contribution in [1.82, 2.24) is 0 Å². The first kappa shape index (κ1) is 22.7. The van der Waals surface area contributed by atoms with Crippen LogP contribution in [-0.4, -0.2) is 54.0 Å². The number of carbonyl (C=O) groups excluding carboxylic acids is 4. The van der Waals surface area contributed by atoms with Crippen molar-refractivity contribution in [3.8, 4) is 0 Å². The van der Waals surface area contributed by atoms with E-state index in [0.29, 0.717) is 0 Å². The molecule has 1 saturated heterocycles. The van der Waals surface area contributed by atoms with Gasteiger partial charge in [-0.05, 0) is 5.56 Å². The molecule has 0 spiro atoms. The van der Waals surface area contributed by atoms with Crippen molar-refractivity contribution >= 4 is 35.6 Å². The summed E-state index contributed by atoms with van der Waals surface area (Å²) in [6.07, 6.45) is -2.93. The van der Waals surface area contributed by atoms with Gasteiger partial charge in [0, 0.05) is 27.7 Å². The second-order valence-corrected chi connectivity index (χ2v) is 7.92. The molecule has 0 aromatic heterocycles. The highest BCUT2D eigenvalue weighted by Crippen LogP contribution is 2.46. The molecule has 1 aliphatic heterocycles. The number of hydrogen-bond donors (Lipinski definition) is 0. The SMILES string of the molecule is CC(=O)OC[C@H]1S[C@@H](c2ccccc2)[C@H](OC(C)=O)[C@@H](OC(C)=O)[C@@H]1OC(C)=O. The highest BCUT2D eigenvalue weighted by Gasteiger charge is 2.51. The zero-order valence-electron chi connectivity index (χ0n) is 16.7. The molecule has 0 amide bonds. The molecule has 0 saturated carbocycles. The Morgan fingerprint density at radius 3 is 1.79 bits per heavy atom. The summed E-state index contributed by atoms with van der Waals surface area (Å²) >= 11 is 1.33. The lowest BCUT2D eigenvalue weighted by molar-refractivity contribution is -0.185. The molecule has 8 nitrogen and oxygen atoms in total. The molecule has 158 valence electrons. The molecule has 5 atom stereocenters. The molecular weight excluding hydrogens is 400 g/mol. The molecule has 2 rings (SSSR count). The number of rotatable bonds is 6. The Hall–Kier alpha value is -2.55. The fourth-order valence-electron chi connectivity index (χ4n) is 3.14. The zero-order chi connectivity index (χ0) is 21.6. The first-order valence-electron chi connectivity index (χ1n) is 9.04. The van der Waals surface area contributed by atoms with Crippen molar-refractivity contribution in [2.24, 2.45) is 0 Å². The highest BCUT2D eigenvalue weighted by atomic mass is 32.2. The van der Waals surface area contributed by atoms with E-state index in [4.69, 9.17) is 18.9 Å². The lowest BCUT2D eigenvalue weighted by atomic mass is 9.96. The summed E-state index contributed by atoms with van der Waals surface area (Å²) < 4.78 is 21.6. The van der Waals surface area contributed by atoms with E-state index in [-0.39, 0.29) is 6.61 Å². The van der Waals surface area contributed by atoms with Crippen LogP contribution in [0.3, 0.4) is 0 Å². The molecule has 1 heterocycles. The number of hydrogen-bond acceptors (Lipinski definition) is 9. The van der Waals surface area contributed by atoms with Crippen LogP contribution in [0.25, 0.3) is 0 Å². The van der Waals surface area contributed by atoms with Gasteiger partial charge in [0.25, 0.3) is 0 Å². The van der Waals surface area contributed by atoms with Crippen molar-refractivity contribution < 1.29 is 38.1 Å². The van der Waals surface area contributed by atoms with E-state index in [2.05, 4.69) is 0 Å². The molecule has 9 heteroatoms. The summed E-state index contributed by atoms with van der Waals surface area (Å²) in [5.41, 5.74) is 0.829. The number of ether oxygens (including phenoxy) is 4. The monoisotopic (exact) mass is 424 g/mol. The quantitative estimate of drug-likeness (QED) is 0.502. The normalized spacial score (nSPS) is 26.1. The molecule has 0 radical (unpaired) electrons. The average Bonchev–Trinajstić information content (AvgIpc) is 2.63. The van der Waals surface area contributed by atoms with E-state index in [1.807, 2.05) is 30.3 Å². The molecule has 0 unspecified atom stereocenters. The summed E-state index contributed by atoms with van der Waals surface area (Å²) in [5.74, 6) is -2.27. The fraction of sp³-hybridized carbons (Fsp3) is 0.500. The van der Waals surface area contributed by atoms with Gasteiger partial charge in [0.1, 0.15) is 6.61 Å². The van der Waals surface area contributed by atoms with Crippen LogP contribution in [0.2, 0.25) is 0 Å². The Labute approximate surface area is 173 Å². The van der Waals surface area contributed by atoms with Crippen LogP contribution in [0.5, 0.6) is 0 Å². The Balaban J connectivity index is 2.49. The Morgan fingerprint density at radius 2 is 1.28 bits per heavy atom. The van der Waals surface area contributed by atoms with Crippen LogP contribution in [0.1, 0.15) is 38.5 Å². The Morgan fingerprint density at radius 1 is 0.759 bits per heavy atom. The number of carbonyl (C=O) groups is 4. The summed E-state index contributed by atoms with van der Waals surface area (Å²) in [6, 6.07) is 9.23. The smallest absolute Gasteiger partial charge is 0.303 e. The van der Waals surface area contributed by atoms with Crippen LogP contribution in [0.4, 0.5) is 0 Å². The van der Waals surface area contributed by atoms with E-state index >= 15 is 0 Å². The van der Waals surface area contributed by atoms with Gasteiger partial charge in [-0.15, -0.1) is 11.8 Å². The second-order valence-electron chi connectivity index (χ2n) is 6.53. The predicted molar refractivity (Wildman–Crippen MR) is 104 cm³/mol. The minimum atomic E-state index is -1.06. The van der Waals surface area contributed by atoms with Crippen LogP contribution < -0.4 is 0 Å². The number of esters is 4. The highest BCUT2D eigenvalue weighted by molar-refractivity contribution is 8.00. The molecule has 0 bridgehead atoms. The maximum atomic E-state index is 11.8. The van der Waals surface area contributed by atoms with Crippen LogP contribution >= 0.6 is 11.8 Å². The minimum absolute atomic E-state index is 0.0637. The van der Waals surface area contributed by atoms with E-state index in [9.17, 15) is 19.2 Å². The first-order chi connectivity index (χ1) is 13.7. The van der Waals surface area contributed by atoms with E-state index in [1.54, 1.807) is 0 Å². The van der Waals surface area contributed by atoms with Gasteiger partial charge < -0.3 is 18.9 Å². The standard InChI is InChI=1S/C20H24O8S/c1-11(21)25-10-16-17(26-12(2)22)18(27-13(3)23)19(28-14(4)24)20(29-16)15-8-6-5-7-9-15/h5-9,16-20H,10H2,1-4H3/t16-,17-,18+,19-,20+/m1/s1. The third kappa shape index (κ3) is 6.49. The zero-order valence-corrected chi connectivity index (χ0v) is 17.5. The minimum Gasteiger partial charge on any atom is -0.465 e. The third-order valence-electron chi connectivity index (χ3n) is 4.12. The molecule has 1 aromatic rings. The van der Waals surface area contributed by atoms with E-state index in [0.717, 1.165) is 5.56 Å². The fourth-order valence-corrected chi connectivity index (χ4v) is 4.71. The third-order valence-corrected chi connectivity index (χ3v) is 5.71. The lowest BCUT2D eigenvalue weighted by Gasteiger charge is -2.44. The van der Waals surface area contributed by atoms with Crippen LogP contribution in [0.15, 0.2) is 30.3 Å². The molecule has 0 aliphatic carbocycles. The summed E-state index contributed by atoms with van der Waals surface area (Å²) in [7, 11) is 0. The average molecular weight is 424 g/mol. The summed E-state index contributed by atoms with van der Waals surface area (Å²) in [5, 5.41) is -0.971. The first-order valence-corrected chi connectivity index (χ1v) is 9.98. The van der Waals surface area contributed by atoms with Crippen molar-refractivity contribution in [3.63, 3.8) is 0 Å². The molecule has 1 fully saturated rings. The van der Waals surface area contributed by atoms with Gasteiger partial charge in [0.2, 0.25) is 0 Å². The lowest BCUT2D eigenvalue weighted by Crippen LogP contribution is -2.56. The predicted octanol–water partition coefficient (Wildman–Crippen LogP) is 2.20. The van der Waals surface area contributed by atoms with Crippen LogP contribution in [0, 0.1) is 0 Å². The second kappa shape index (κ2) is 10.3. The van der Waals surface area contributed by atoms with Crippen LogP contribution in [-0.2, 0) is 38.1 Å². The van der Waals surface area contributed by atoms with Crippen molar-refractivity contribution in [2.45, 2.75) is 56.5 Å². The molecular formula is C20H24O8S. The number of benzene rings is 1. The molecule has 1 aromatic carbocycles. The topological polar surface area (TPSA) is 105 Å². The van der Waals surface area contributed by atoms with Crippen molar-refractivity contribution in [3.05, 3.63) is 35.9 Å². The van der Waals surface area contributed by atoms with Gasteiger partial charge in [-0.2, -0.15) is 0 Å². The largest absolute Gasteiger partial charge is 0.465 e. The maximum Gasteiger partial charge on any atom is 0.303 e. The van der Waals surface area contributed by atoms with Gasteiger partial charge in [0.05, 0.1) is 10.5 Å².